The first-order chi connectivity index (χ1) is 10.1. The van der Waals surface area contributed by atoms with Crippen molar-refractivity contribution < 1.29 is 4.39 Å². The maximum Gasteiger partial charge on any atom is 0.131 e. The van der Waals surface area contributed by atoms with Crippen molar-refractivity contribution in [3.8, 4) is 0 Å². The third-order valence-electron chi connectivity index (χ3n) is 4.23. The largest absolute Gasteiger partial charge is 0.305 e. The van der Waals surface area contributed by atoms with E-state index in [0.717, 1.165) is 41.6 Å². The number of hydrogen-bond donors (Lipinski definition) is 1. The van der Waals surface area contributed by atoms with Crippen LogP contribution < -0.4 is 0 Å². The highest BCUT2D eigenvalue weighted by atomic mass is 19.1. The Morgan fingerprint density at radius 3 is 2.36 bits per heavy atom. The van der Waals surface area contributed by atoms with E-state index >= 15 is 0 Å². The second-order valence-electron chi connectivity index (χ2n) is 6.92. The van der Waals surface area contributed by atoms with Crippen LogP contribution in [-0.2, 0) is 0 Å². The summed E-state index contributed by atoms with van der Waals surface area (Å²) in [5.41, 5.74) is 5.46. The average Bonchev–Trinajstić information content (AvgIpc) is 2.48. The van der Waals surface area contributed by atoms with Gasteiger partial charge in [0.05, 0.1) is 0 Å². The number of nitrogens with one attached hydrogen (secondary N) is 1. The predicted octanol–water partition coefficient (Wildman–Crippen LogP) is 6.48. The molecule has 1 nitrogen and oxygen atoms in total. The van der Waals surface area contributed by atoms with E-state index in [2.05, 4.69) is 27.7 Å². The van der Waals surface area contributed by atoms with Gasteiger partial charge in [0.15, 0.2) is 0 Å². The van der Waals surface area contributed by atoms with Crippen molar-refractivity contribution in [3.63, 3.8) is 0 Å². The molecule has 22 heavy (non-hydrogen) atoms. The summed E-state index contributed by atoms with van der Waals surface area (Å²) in [6, 6.07) is 0. The summed E-state index contributed by atoms with van der Waals surface area (Å²) in [6.07, 6.45) is 6.76. The summed E-state index contributed by atoms with van der Waals surface area (Å²) in [4.78, 5) is 0. The molecule has 1 aliphatic carbocycles. The second-order valence-corrected chi connectivity index (χ2v) is 6.92. The zero-order valence-corrected chi connectivity index (χ0v) is 15.2. The molecule has 0 atom stereocenters. The predicted molar refractivity (Wildman–Crippen MR) is 95.4 cm³/mol. The summed E-state index contributed by atoms with van der Waals surface area (Å²) in [5.74, 6) is 0. The highest BCUT2D eigenvalue weighted by Crippen LogP contribution is 2.36. The van der Waals surface area contributed by atoms with Crippen molar-refractivity contribution in [1.82, 2.24) is 0 Å². The summed E-state index contributed by atoms with van der Waals surface area (Å²) >= 11 is 0. The molecule has 0 amide bonds. The summed E-state index contributed by atoms with van der Waals surface area (Å²) in [6.45, 7) is 13.4. The van der Waals surface area contributed by atoms with E-state index in [9.17, 15) is 4.39 Å². The van der Waals surface area contributed by atoms with E-state index in [4.69, 9.17) is 5.41 Å². The van der Waals surface area contributed by atoms with Gasteiger partial charge in [-0.3, -0.25) is 0 Å². The fourth-order valence-electron chi connectivity index (χ4n) is 2.85. The molecular formula is C20H30FN. The highest BCUT2D eigenvalue weighted by molar-refractivity contribution is 5.96. The van der Waals surface area contributed by atoms with Crippen LogP contribution in [0.4, 0.5) is 4.39 Å². The van der Waals surface area contributed by atoms with Gasteiger partial charge in [0, 0.05) is 5.71 Å². The van der Waals surface area contributed by atoms with Crippen LogP contribution in [0.25, 0.3) is 0 Å². The molecule has 1 N–H and O–H groups in total. The van der Waals surface area contributed by atoms with Crippen LogP contribution in [0, 0.1) is 5.41 Å². The Morgan fingerprint density at radius 2 is 1.91 bits per heavy atom. The maximum atomic E-state index is 14.8. The number of halogens is 1. The van der Waals surface area contributed by atoms with Crippen molar-refractivity contribution in [2.24, 2.45) is 0 Å². The summed E-state index contributed by atoms with van der Waals surface area (Å²) < 4.78 is 14.8. The fourth-order valence-corrected chi connectivity index (χ4v) is 2.85. The third-order valence-corrected chi connectivity index (χ3v) is 4.23. The molecule has 122 valence electrons. The first kappa shape index (κ1) is 18.6. The molecule has 1 aliphatic rings. The minimum absolute atomic E-state index is 0.570. The Balaban J connectivity index is 3.66. The minimum atomic E-state index is -1.40. The van der Waals surface area contributed by atoms with Crippen LogP contribution in [-0.4, -0.2) is 11.4 Å². The van der Waals surface area contributed by atoms with Gasteiger partial charge in [-0.05, 0) is 82.8 Å². The number of alkyl halides is 1. The van der Waals surface area contributed by atoms with Gasteiger partial charge in [-0.2, -0.15) is 0 Å². The highest BCUT2D eigenvalue weighted by Gasteiger charge is 2.26. The van der Waals surface area contributed by atoms with E-state index in [1.807, 2.05) is 19.1 Å². The van der Waals surface area contributed by atoms with E-state index in [0.29, 0.717) is 5.71 Å². The van der Waals surface area contributed by atoms with Crippen LogP contribution in [0.5, 0.6) is 0 Å². The smallest absolute Gasteiger partial charge is 0.131 e. The van der Waals surface area contributed by atoms with Crippen LogP contribution in [0.1, 0.15) is 67.7 Å². The van der Waals surface area contributed by atoms with Crippen molar-refractivity contribution >= 4 is 5.71 Å². The van der Waals surface area contributed by atoms with Crippen molar-refractivity contribution in [3.05, 3.63) is 45.6 Å². The molecule has 0 radical (unpaired) electrons. The Bertz CT molecular complexity index is 577. The van der Waals surface area contributed by atoms with E-state index in [-0.39, 0.29) is 0 Å². The SMILES string of the molecule is CCCC(=CC1=C(C(C)(C)F)C=C(C)CC(C)=C1C)C(C)=N. The molecule has 0 heterocycles. The third kappa shape index (κ3) is 4.53. The Labute approximate surface area is 135 Å². The van der Waals surface area contributed by atoms with Gasteiger partial charge in [0.25, 0.3) is 0 Å². The zero-order valence-electron chi connectivity index (χ0n) is 15.2. The first-order valence-corrected chi connectivity index (χ1v) is 8.11. The molecule has 0 bridgehead atoms. The average molecular weight is 303 g/mol. The molecule has 2 heteroatoms. The molecule has 0 saturated heterocycles. The number of allylic oxidation sites excluding steroid dienone is 8. The molecule has 1 rings (SSSR count). The van der Waals surface area contributed by atoms with Crippen LogP contribution in [0.15, 0.2) is 45.6 Å². The van der Waals surface area contributed by atoms with Gasteiger partial charge in [0.1, 0.15) is 5.67 Å². The first-order valence-electron chi connectivity index (χ1n) is 8.11. The Hall–Kier alpha value is -1.44. The van der Waals surface area contributed by atoms with Gasteiger partial charge in [-0.25, -0.2) is 4.39 Å². The summed E-state index contributed by atoms with van der Waals surface area (Å²) in [7, 11) is 0. The quantitative estimate of drug-likeness (QED) is 0.562. The van der Waals surface area contributed by atoms with Crippen molar-refractivity contribution in [1.29, 1.82) is 5.41 Å². The lowest BCUT2D eigenvalue weighted by Gasteiger charge is -2.21. The molecule has 0 unspecified atom stereocenters. The lowest BCUT2D eigenvalue weighted by Crippen LogP contribution is -2.17. The monoisotopic (exact) mass is 303 g/mol. The second kappa shape index (κ2) is 7.21. The maximum absolute atomic E-state index is 14.8. The summed E-state index contributed by atoms with van der Waals surface area (Å²) in [5, 5.41) is 7.99. The molecule has 0 spiro atoms. The molecule has 0 aliphatic heterocycles. The number of hydrogen-bond acceptors (Lipinski definition) is 1. The van der Waals surface area contributed by atoms with Gasteiger partial charge in [0.2, 0.25) is 0 Å². The van der Waals surface area contributed by atoms with Crippen LogP contribution in [0.2, 0.25) is 0 Å². The molecule has 0 fully saturated rings. The minimum Gasteiger partial charge on any atom is -0.305 e. The number of rotatable bonds is 5. The molecule has 0 aromatic heterocycles. The van der Waals surface area contributed by atoms with Gasteiger partial charge in [-0.15, -0.1) is 0 Å². The standard InChI is InChI=1S/C20H30FN/c1-8-9-17(16(5)22)12-18-15(4)14(3)10-13(2)11-19(18)20(6,7)21/h11-12,22H,8-10H2,1-7H3. The van der Waals surface area contributed by atoms with Gasteiger partial charge in [-0.1, -0.05) is 30.6 Å². The van der Waals surface area contributed by atoms with Gasteiger partial charge < -0.3 is 5.41 Å². The van der Waals surface area contributed by atoms with Crippen molar-refractivity contribution in [2.45, 2.75) is 73.4 Å². The molecule has 0 aromatic rings. The Morgan fingerprint density at radius 1 is 1.32 bits per heavy atom. The lowest BCUT2D eigenvalue weighted by atomic mass is 9.88. The van der Waals surface area contributed by atoms with Crippen molar-refractivity contribution in [2.75, 3.05) is 0 Å². The zero-order chi connectivity index (χ0) is 17.1. The van der Waals surface area contributed by atoms with E-state index in [1.165, 1.54) is 11.1 Å². The Kier molecular flexibility index (Phi) is 6.10. The van der Waals surface area contributed by atoms with Crippen LogP contribution >= 0.6 is 0 Å². The molecule has 0 aromatic carbocycles. The van der Waals surface area contributed by atoms with Gasteiger partial charge >= 0.3 is 0 Å². The van der Waals surface area contributed by atoms with Crippen LogP contribution in [0.3, 0.4) is 0 Å². The fraction of sp³-hybridized carbons (Fsp3) is 0.550. The molecule has 0 saturated carbocycles. The van der Waals surface area contributed by atoms with E-state index < -0.39 is 5.67 Å². The lowest BCUT2D eigenvalue weighted by molar-refractivity contribution is 0.273. The topological polar surface area (TPSA) is 23.9 Å². The normalized spacial score (nSPS) is 17.6. The molecular weight excluding hydrogens is 273 g/mol. The van der Waals surface area contributed by atoms with E-state index in [1.54, 1.807) is 13.8 Å².